The summed E-state index contributed by atoms with van der Waals surface area (Å²) in [5.41, 5.74) is 15.3. The molecule has 31 nitrogen and oxygen atoms in total. The fraction of sp³-hybridized carbons (Fsp3) is 0.388. The molecule has 0 saturated carbocycles. The van der Waals surface area contributed by atoms with Crippen molar-refractivity contribution in [3.63, 3.8) is 0 Å². The summed E-state index contributed by atoms with van der Waals surface area (Å²) in [5.74, 6) is -9.99. The molecule has 7 aromatic rings. The van der Waals surface area contributed by atoms with Crippen LogP contribution in [0.4, 0.5) is 5.69 Å². The number of anilines is 1. The number of benzene rings is 6. The second kappa shape index (κ2) is 44.1. The number of rotatable bonds is 40. The highest BCUT2D eigenvalue weighted by Crippen LogP contribution is 2.23. The molecule has 0 unspecified atom stereocenters. The standard InChI is InChI=1S/C85H104ClN17O14/c1-51(2)41-66(76(108)94-65(18-11-35-91-85(88)89)84(116)103-36-12-19-73(103)83(115)92-52(3)74(87)106)96-77(109)69(46-57-27-32-64(33-28-57)93-53(4)105)98-79(111)70(44-55-20-22-58(23-21-55)49-102-37-39-117-40-38-102)100-82(114)72(50-104)101-81(113)67(43-54-13-6-5-7-14-54)97-78(110)68(45-56-25-30-63(86)31-26-56)99-80(112)71(95-75(107)62-17-10-34-90-48-62)47-59-24-29-60-15-8-9-16-61(60)42-59/h5-10,13-17,20-34,42,48,51-52,65-73,104H,11-12,18-19,35-41,43-47,49-50H2,1-4H3,(H2,87,106)(H,92,115)(H,93,105)(H,94,108)(H,95,107)(H,96,109)(H,97,110)(H,98,111)(H,99,112)(H,100,114)(H,101,113)(H4,88,89,91)/t52-,65+,66+,67-,68-,69-,70+,71-,72+,73+/m1/s1. The van der Waals surface area contributed by atoms with Crippen molar-refractivity contribution in [2.45, 2.75) is 159 Å². The van der Waals surface area contributed by atoms with Gasteiger partial charge < -0.3 is 84.7 Å². The zero-order valence-electron chi connectivity index (χ0n) is 65.9. The van der Waals surface area contributed by atoms with E-state index < -0.39 is 132 Å². The number of primary amides is 1. The molecule has 2 aliphatic heterocycles. The van der Waals surface area contributed by atoms with E-state index in [1.165, 1.54) is 37.2 Å². The van der Waals surface area contributed by atoms with Crippen LogP contribution in [0.3, 0.4) is 0 Å². The summed E-state index contributed by atoms with van der Waals surface area (Å²) in [4.78, 5) is 180. The molecule has 0 bridgehead atoms. The van der Waals surface area contributed by atoms with E-state index in [-0.39, 0.29) is 94.2 Å². The maximum absolute atomic E-state index is 15.5. The van der Waals surface area contributed by atoms with E-state index in [4.69, 9.17) is 33.2 Å². The molecular formula is C85H104ClN17O14. The number of morpholine rings is 1. The van der Waals surface area contributed by atoms with Gasteiger partial charge in [0.1, 0.15) is 60.4 Å². The highest BCUT2D eigenvalue weighted by Gasteiger charge is 2.41. The van der Waals surface area contributed by atoms with Gasteiger partial charge in [0.15, 0.2) is 5.96 Å². The van der Waals surface area contributed by atoms with Gasteiger partial charge in [-0.3, -0.25) is 72.8 Å². The second-order valence-corrected chi connectivity index (χ2v) is 30.1. The predicted molar refractivity (Wildman–Crippen MR) is 440 cm³/mol. The molecule has 117 heavy (non-hydrogen) atoms. The number of hydrogen-bond donors (Lipinski definition) is 15. The van der Waals surface area contributed by atoms with Gasteiger partial charge in [-0.15, -0.1) is 0 Å². The Hall–Kier alpha value is -12.2. The molecule has 0 radical (unpaired) electrons. The van der Waals surface area contributed by atoms with E-state index in [0.29, 0.717) is 77.8 Å². The Morgan fingerprint density at radius 2 is 1.02 bits per heavy atom. The molecule has 10 atom stereocenters. The van der Waals surface area contributed by atoms with Crippen LogP contribution in [-0.4, -0.2) is 203 Å². The maximum atomic E-state index is 15.5. The molecule has 2 aliphatic rings. The number of amides is 12. The van der Waals surface area contributed by atoms with E-state index in [2.05, 4.69) is 68.4 Å². The minimum atomic E-state index is -1.83. The Kier molecular flexibility index (Phi) is 33.4. The summed E-state index contributed by atoms with van der Waals surface area (Å²) in [6, 6.07) is 31.1. The molecule has 17 N–H and O–H groups in total. The van der Waals surface area contributed by atoms with Crippen LogP contribution in [-0.2, 0) is 96.1 Å². The van der Waals surface area contributed by atoms with Gasteiger partial charge in [-0.25, -0.2) is 0 Å². The Morgan fingerprint density at radius 1 is 0.538 bits per heavy atom. The average Bonchev–Trinajstić information content (AvgIpc) is 1.78. The SMILES string of the molecule is CC(=O)Nc1ccc(C[C@@H](NC(=O)[C@H](Cc2ccc(CN3CCOCC3)cc2)NC(=O)[C@H](CO)NC(=O)[C@@H](Cc2ccccc2)NC(=O)[C@@H](Cc2ccc(Cl)cc2)NC(=O)[C@@H](Cc2ccc3ccccc3c2)NC(=O)c2cccnc2)C(=O)N[C@@H](CC(C)C)C(=O)N[C@@H](CCCNC(=N)N)C(=O)N2CCC[C@H]2C(=O)N[C@H](C)C(N)=O)cc1. The van der Waals surface area contributed by atoms with Crippen LogP contribution in [0.1, 0.15) is 104 Å². The number of nitrogens with one attached hydrogen (secondary N) is 12. The van der Waals surface area contributed by atoms with Crippen molar-refractivity contribution >= 4 is 105 Å². The topological polar surface area (TPSA) is 462 Å². The number of guanidine groups is 1. The first kappa shape index (κ1) is 88.8. The number of carbonyl (C=O) groups is 12. The molecule has 32 heteroatoms. The van der Waals surface area contributed by atoms with Crippen LogP contribution >= 0.6 is 11.6 Å². The summed E-state index contributed by atoms with van der Waals surface area (Å²) >= 11 is 6.33. The van der Waals surface area contributed by atoms with Crippen molar-refractivity contribution in [2.75, 3.05) is 51.3 Å². The van der Waals surface area contributed by atoms with Gasteiger partial charge in [-0.1, -0.05) is 147 Å². The third-order valence-corrected chi connectivity index (χ3v) is 20.3. The van der Waals surface area contributed by atoms with Crippen LogP contribution < -0.4 is 70.0 Å². The number of fused-ring (bicyclic) bond motifs is 1. The first-order valence-electron chi connectivity index (χ1n) is 39.1. The highest BCUT2D eigenvalue weighted by atomic mass is 35.5. The largest absolute Gasteiger partial charge is 0.394 e. The van der Waals surface area contributed by atoms with Gasteiger partial charge in [0, 0.05) is 94.9 Å². The molecule has 2 saturated heterocycles. The van der Waals surface area contributed by atoms with Gasteiger partial charge in [-0.05, 0) is 125 Å². The fourth-order valence-electron chi connectivity index (χ4n) is 13.8. The Bertz CT molecular complexity index is 4600. The monoisotopic (exact) mass is 1620 g/mol. The van der Waals surface area contributed by atoms with Gasteiger partial charge in [0.25, 0.3) is 5.91 Å². The molecule has 0 aliphatic carbocycles. The smallest absolute Gasteiger partial charge is 0.253 e. The van der Waals surface area contributed by atoms with Gasteiger partial charge >= 0.3 is 0 Å². The summed E-state index contributed by atoms with van der Waals surface area (Å²) in [7, 11) is 0. The van der Waals surface area contributed by atoms with Crippen LogP contribution in [0, 0.1) is 11.3 Å². The zero-order valence-corrected chi connectivity index (χ0v) is 66.6. The number of aliphatic hydroxyl groups is 1. The lowest BCUT2D eigenvalue weighted by molar-refractivity contribution is -0.142. The number of hydrogen-bond acceptors (Lipinski definition) is 17. The summed E-state index contributed by atoms with van der Waals surface area (Å²) in [5, 5.41) is 51.3. The number of carbonyl (C=O) groups excluding carboxylic acids is 12. The van der Waals surface area contributed by atoms with Crippen molar-refractivity contribution in [1.82, 2.24) is 68.0 Å². The summed E-state index contributed by atoms with van der Waals surface area (Å²) in [6.07, 6.45) is 2.75. The van der Waals surface area contributed by atoms with E-state index in [1.807, 2.05) is 54.6 Å². The highest BCUT2D eigenvalue weighted by molar-refractivity contribution is 6.30. The lowest BCUT2D eigenvalue weighted by atomic mass is 9.99. The first-order valence-corrected chi connectivity index (χ1v) is 39.5. The van der Waals surface area contributed by atoms with Gasteiger partial charge in [0.05, 0.1) is 25.4 Å². The Balaban J connectivity index is 0.999. The molecule has 9 rings (SSSR count). The third-order valence-electron chi connectivity index (χ3n) is 20.0. The third kappa shape index (κ3) is 27.8. The lowest BCUT2D eigenvalue weighted by Crippen LogP contribution is -2.62. The molecule has 1 aromatic heterocycles. The minimum absolute atomic E-state index is 0.0102. The number of ether oxygens (including phenoxy) is 1. The molecule has 3 heterocycles. The van der Waals surface area contributed by atoms with E-state index in [0.717, 1.165) is 16.3 Å². The Labute approximate surface area is 683 Å². The van der Waals surface area contributed by atoms with Crippen LogP contribution in [0.25, 0.3) is 10.8 Å². The van der Waals surface area contributed by atoms with Crippen molar-refractivity contribution in [3.8, 4) is 0 Å². The Morgan fingerprint density at radius 3 is 1.56 bits per heavy atom. The van der Waals surface area contributed by atoms with Crippen molar-refractivity contribution in [2.24, 2.45) is 17.4 Å². The van der Waals surface area contributed by atoms with Crippen molar-refractivity contribution in [1.29, 1.82) is 5.41 Å². The fourth-order valence-corrected chi connectivity index (χ4v) is 13.9. The quantitative estimate of drug-likeness (QED) is 0.0149. The van der Waals surface area contributed by atoms with Crippen LogP contribution in [0.15, 0.2) is 170 Å². The van der Waals surface area contributed by atoms with Crippen LogP contribution in [0.2, 0.25) is 5.02 Å². The molecule has 0 spiro atoms. The summed E-state index contributed by atoms with van der Waals surface area (Å²) < 4.78 is 5.56. The van der Waals surface area contributed by atoms with Crippen LogP contribution in [0.5, 0.6) is 0 Å². The first-order chi connectivity index (χ1) is 56.1. The predicted octanol–water partition coefficient (Wildman–Crippen LogP) is 2.67. The molecule has 6 aromatic carbocycles. The lowest BCUT2D eigenvalue weighted by Gasteiger charge is -2.31. The number of nitrogens with zero attached hydrogens (tertiary/aromatic N) is 3. The number of aliphatic hydroxyl groups excluding tert-OH is 1. The number of pyridine rings is 1. The minimum Gasteiger partial charge on any atom is -0.394 e. The second-order valence-electron chi connectivity index (χ2n) is 29.7. The normalized spacial score (nSPS) is 15.7. The van der Waals surface area contributed by atoms with Gasteiger partial charge in [0.2, 0.25) is 65.0 Å². The molecular weight excluding hydrogens is 1520 g/mol. The average molecular weight is 1620 g/mol. The molecule has 620 valence electrons. The van der Waals surface area contributed by atoms with Crippen molar-refractivity contribution < 1.29 is 67.4 Å². The zero-order chi connectivity index (χ0) is 84.1. The molecule has 12 amide bonds. The number of likely N-dealkylation sites (tertiary alicyclic amines) is 1. The number of aromatic nitrogens is 1. The van der Waals surface area contributed by atoms with E-state index in [1.54, 1.807) is 111 Å². The van der Waals surface area contributed by atoms with E-state index in [9.17, 15) is 38.7 Å². The number of halogens is 1. The summed E-state index contributed by atoms with van der Waals surface area (Å²) in [6.45, 7) is 8.61. The van der Waals surface area contributed by atoms with Crippen molar-refractivity contribution in [3.05, 3.63) is 214 Å². The number of nitrogens with two attached hydrogens (primary N) is 2. The maximum Gasteiger partial charge on any atom is 0.253 e. The molecule has 2 fully saturated rings. The van der Waals surface area contributed by atoms with Gasteiger partial charge in [-0.2, -0.15) is 0 Å². The van der Waals surface area contributed by atoms with E-state index >= 15 is 24.0 Å².